The van der Waals surface area contributed by atoms with Crippen molar-refractivity contribution < 1.29 is 9.59 Å². The highest BCUT2D eigenvalue weighted by atomic mass is 16.1. The normalized spacial score (nSPS) is 10.8. The first-order valence-electron chi connectivity index (χ1n) is 11.9. The number of carbonyl (C=O) groups is 2. The summed E-state index contributed by atoms with van der Waals surface area (Å²) in [4.78, 5) is 40.9. The van der Waals surface area contributed by atoms with Crippen molar-refractivity contribution in [1.29, 1.82) is 0 Å². The van der Waals surface area contributed by atoms with Gasteiger partial charge in [0, 0.05) is 36.6 Å². The summed E-state index contributed by atoms with van der Waals surface area (Å²) in [7, 11) is 0. The SMILES string of the molecule is Cc1cccc(C(=O)Cc2ccc3ncnn3c2)n1.Cc1cccc(C(=O)Cc2ccc3ncnn3c2)n1. The number of carbonyl (C=O) groups excluding carboxylic acids is 2. The first-order chi connectivity index (χ1) is 18.4. The first-order valence-corrected chi connectivity index (χ1v) is 11.9. The highest BCUT2D eigenvalue weighted by Gasteiger charge is 2.10. The fourth-order valence-corrected chi connectivity index (χ4v) is 3.88. The van der Waals surface area contributed by atoms with Gasteiger partial charge in [-0.15, -0.1) is 0 Å². The maximum Gasteiger partial charge on any atom is 0.185 e. The lowest BCUT2D eigenvalue weighted by molar-refractivity contribution is 0.0980. The number of hydrogen-bond acceptors (Lipinski definition) is 8. The number of hydrogen-bond donors (Lipinski definition) is 0. The molecule has 0 aliphatic carbocycles. The van der Waals surface area contributed by atoms with E-state index in [-0.39, 0.29) is 11.6 Å². The van der Waals surface area contributed by atoms with Gasteiger partial charge in [-0.1, -0.05) is 24.3 Å². The van der Waals surface area contributed by atoms with Gasteiger partial charge in [-0.05, 0) is 61.4 Å². The van der Waals surface area contributed by atoms with Crippen LogP contribution in [0.15, 0.2) is 85.7 Å². The molecule has 0 spiro atoms. The quantitative estimate of drug-likeness (QED) is 0.315. The van der Waals surface area contributed by atoms with Gasteiger partial charge in [0.25, 0.3) is 0 Å². The van der Waals surface area contributed by atoms with Crippen molar-refractivity contribution in [2.45, 2.75) is 26.7 Å². The highest BCUT2D eigenvalue weighted by Crippen LogP contribution is 2.09. The molecule has 0 N–H and O–H groups in total. The molecule has 188 valence electrons. The highest BCUT2D eigenvalue weighted by molar-refractivity contribution is 5.96. The minimum Gasteiger partial charge on any atom is -0.292 e. The summed E-state index contributed by atoms with van der Waals surface area (Å²) < 4.78 is 3.32. The number of pyridine rings is 4. The fraction of sp³-hybridized carbons (Fsp3) is 0.143. The van der Waals surface area contributed by atoms with Gasteiger partial charge < -0.3 is 0 Å². The van der Waals surface area contributed by atoms with E-state index in [4.69, 9.17) is 0 Å². The van der Waals surface area contributed by atoms with Gasteiger partial charge in [-0.3, -0.25) is 19.6 Å². The smallest absolute Gasteiger partial charge is 0.185 e. The van der Waals surface area contributed by atoms with Gasteiger partial charge in [0.1, 0.15) is 24.0 Å². The number of Topliss-reactive ketones (excluding diaryl/α,β-unsaturated/α-hetero) is 2. The molecule has 0 saturated carbocycles. The van der Waals surface area contributed by atoms with Crippen molar-refractivity contribution in [3.8, 4) is 0 Å². The van der Waals surface area contributed by atoms with Gasteiger partial charge >= 0.3 is 0 Å². The Balaban J connectivity index is 0.000000155. The minimum atomic E-state index is 0.00293. The van der Waals surface area contributed by atoms with Crippen molar-refractivity contribution in [2.75, 3.05) is 0 Å². The summed E-state index contributed by atoms with van der Waals surface area (Å²) in [5.74, 6) is 0.00586. The molecule has 0 unspecified atom stereocenters. The Hall–Kier alpha value is -5.12. The lowest BCUT2D eigenvalue weighted by Gasteiger charge is -2.02. The summed E-state index contributed by atoms with van der Waals surface area (Å²) in [5.41, 5.74) is 6.01. The molecule has 38 heavy (non-hydrogen) atoms. The van der Waals surface area contributed by atoms with Crippen LogP contribution >= 0.6 is 0 Å². The van der Waals surface area contributed by atoms with E-state index in [2.05, 4.69) is 30.1 Å². The Labute approximate surface area is 218 Å². The molecule has 0 fully saturated rings. The van der Waals surface area contributed by atoms with E-state index >= 15 is 0 Å². The minimum absolute atomic E-state index is 0.00293. The van der Waals surface area contributed by atoms with Gasteiger partial charge in [0.15, 0.2) is 22.9 Å². The van der Waals surface area contributed by atoms with Crippen LogP contribution in [0.5, 0.6) is 0 Å². The van der Waals surface area contributed by atoms with Crippen LogP contribution in [-0.2, 0) is 12.8 Å². The van der Waals surface area contributed by atoms with Crippen LogP contribution in [0.3, 0.4) is 0 Å². The van der Waals surface area contributed by atoms with Gasteiger partial charge in [-0.2, -0.15) is 10.2 Å². The van der Waals surface area contributed by atoms with Crippen molar-refractivity contribution in [3.63, 3.8) is 0 Å². The van der Waals surface area contributed by atoms with E-state index in [1.807, 2.05) is 74.8 Å². The fourth-order valence-electron chi connectivity index (χ4n) is 3.88. The van der Waals surface area contributed by atoms with Crippen LogP contribution < -0.4 is 0 Å². The second-order valence-electron chi connectivity index (χ2n) is 8.73. The van der Waals surface area contributed by atoms with E-state index in [0.717, 1.165) is 33.8 Å². The lowest BCUT2D eigenvalue weighted by Crippen LogP contribution is -2.07. The predicted octanol–water partition coefficient (Wildman–Crippen LogP) is 3.72. The number of aryl methyl sites for hydroxylation is 2. The zero-order valence-electron chi connectivity index (χ0n) is 20.9. The molecule has 0 bridgehead atoms. The maximum atomic E-state index is 12.1. The van der Waals surface area contributed by atoms with E-state index in [0.29, 0.717) is 24.2 Å². The van der Waals surface area contributed by atoms with Crippen LogP contribution in [0.1, 0.15) is 43.5 Å². The average molecular weight is 505 g/mol. The molecular weight excluding hydrogens is 480 g/mol. The van der Waals surface area contributed by atoms with E-state index in [1.54, 1.807) is 21.2 Å². The third-order valence-electron chi connectivity index (χ3n) is 5.75. The molecule has 10 heteroatoms. The molecule has 6 aromatic rings. The summed E-state index contributed by atoms with van der Waals surface area (Å²) in [6.07, 6.45) is 7.23. The number of ketones is 2. The number of nitrogens with zero attached hydrogens (tertiary/aromatic N) is 8. The average Bonchev–Trinajstić information content (AvgIpc) is 3.58. The second kappa shape index (κ2) is 10.9. The summed E-state index contributed by atoms with van der Waals surface area (Å²) in [6.45, 7) is 3.75. The molecule has 6 rings (SSSR count). The largest absolute Gasteiger partial charge is 0.292 e. The Morgan fingerprint density at radius 3 is 1.50 bits per heavy atom. The Bertz CT molecular complexity index is 1630. The van der Waals surface area contributed by atoms with E-state index < -0.39 is 0 Å². The Morgan fingerprint density at radius 2 is 1.08 bits per heavy atom. The van der Waals surface area contributed by atoms with Crippen LogP contribution in [0.2, 0.25) is 0 Å². The van der Waals surface area contributed by atoms with Gasteiger partial charge in [0.05, 0.1) is 0 Å². The monoisotopic (exact) mass is 504 g/mol. The molecular formula is C28H24N8O2. The van der Waals surface area contributed by atoms with Gasteiger partial charge in [-0.25, -0.2) is 19.0 Å². The molecule has 0 aliphatic rings. The molecule has 0 amide bonds. The molecule has 6 heterocycles. The number of fused-ring (bicyclic) bond motifs is 2. The summed E-state index contributed by atoms with van der Waals surface area (Å²) in [5, 5.41) is 8.10. The zero-order valence-corrected chi connectivity index (χ0v) is 20.9. The van der Waals surface area contributed by atoms with Crippen molar-refractivity contribution in [1.82, 2.24) is 39.2 Å². The lowest BCUT2D eigenvalue weighted by atomic mass is 10.1. The third kappa shape index (κ3) is 5.81. The van der Waals surface area contributed by atoms with Crippen LogP contribution in [0.4, 0.5) is 0 Å². The van der Waals surface area contributed by atoms with E-state index in [9.17, 15) is 9.59 Å². The van der Waals surface area contributed by atoms with E-state index in [1.165, 1.54) is 12.7 Å². The number of aromatic nitrogens is 8. The molecule has 0 radical (unpaired) electrons. The Kier molecular flexibility index (Phi) is 7.03. The first kappa shape index (κ1) is 24.6. The molecule has 0 aromatic carbocycles. The third-order valence-corrected chi connectivity index (χ3v) is 5.75. The predicted molar refractivity (Wildman–Crippen MR) is 140 cm³/mol. The number of rotatable bonds is 6. The Morgan fingerprint density at radius 1 is 0.632 bits per heavy atom. The molecule has 0 saturated heterocycles. The van der Waals surface area contributed by atoms with Crippen molar-refractivity contribution in [3.05, 3.63) is 120 Å². The maximum absolute atomic E-state index is 12.1. The molecule has 10 nitrogen and oxygen atoms in total. The standard InChI is InChI=1S/2C14H12N4O/c2*1-10-3-2-4-12(17-10)13(19)7-11-5-6-14-15-9-16-18(14)8-11/h2*2-6,8-9H,7H2,1H3. The zero-order chi connectivity index (χ0) is 26.5. The van der Waals surface area contributed by atoms with Crippen molar-refractivity contribution >= 4 is 22.9 Å². The second-order valence-corrected chi connectivity index (χ2v) is 8.73. The van der Waals surface area contributed by atoms with Gasteiger partial charge in [0.2, 0.25) is 0 Å². The molecule has 0 atom stereocenters. The summed E-state index contributed by atoms with van der Waals surface area (Å²) in [6, 6.07) is 18.4. The van der Waals surface area contributed by atoms with Crippen molar-refractivity contribution in [2.24, 2.45) is 0 Å². The topological polar surface area (TPSA) is 120 Å². The molecule has 6 aromatic heterocycles. The molecule has 0 aliphatic heterocycles. The van der Waals surface area contributed by atoms with Crippen LogP contribution in [0, 0.1) is 13.8 Å². The van der Waals surface area contributed by atoms with Crippen LogP contribution in [0.25, 0.3) is 11.3 Å². The van der Waals surface area contributed by atoms with Crippen LogP contribution in [-0.4, -0.2) is 50.7 Å². The summed E-state index contributed by atoms with van der Waals surface area (Å²) >= 11 is 0.